The van der Waals surface area contributed by atoms with Crippen molar-refractivity contribution < 1.29 is 52.4 Å². The van der Waals surface area contributed by atoms with E-state index in [2.05, 4.69) is 6.58 Å². The van der Waals surface area contributed by atoms with Crippen LogP contribution in [0.4, 0.5) is 0 Å². The fourth-order valence-electron chi connectivity index (χ4n) is 0.853. The molecule has 0 aromatic carbocycles. The van der Waals surface area contributed by atoms with Crippen molar-refractivity contribution in [2.75, 3.05) is 13.2 Å². The fourth-order valence-corrected chi connectivity index (χ4v) is 1.53. The molecule has 0 heterocycles. The quantitative estimate of drug-likeness (QED) is 0.353. The average molecular weight is 276 g/mol. The first-order valence-electron chi connectivity index (χ1n) is 5.15. The predicted molar refractivity (Wildman–Crippen MR) is 61.9 cm³/mol. The first kappa shape index (κ1) is 22.7. The molecule has 0 saturated carbocycles. The largest absolute Gasteiger partial charge is 1.00 e. The number of aliphatic hydroxyl groups is 1. The molecule has 0 aliphatic rings. The maximum Gasteiger partial charge on any atom is 1.00 e. The van der Waals surface area contributed by atoms with E-state index >= 15 is 0 Å². The van der Waals surface area contributed by atoms with Crippen LogP contribution in [0.1, 0.15) is 33.6 Å². The Bertz CT molecular complexity index is 276. The Labute approximate surface area is 126 Å². The van der Waals surface area contributed by atoms with Gasteiger partial charge in [0.25, 0.3) is 0 Å². The molecule has 0 aromatic heterocycles. The van der Waals surface area contributed by atoms with Crippen LogP contribution in [0.2, 0.25) is 0 Å². The summed E-state index contributed by atoms with van der Waals surface area (Å²) in [4.78, 5) is -2.17. The summed E-state index contributed by atoms with van der Waals surface area (Å²) in [5.74, 6) is 0. The van der Waals surface area contributed by atoms with E-state index in [4.69, 9.17) is 4.74 Å². The third-order valence-corrected chi connectivity index (χ3v) is 3.28. The predicted octanol–water partition coefficient (Wildman–Crippen LogP) is -1.75. The fraction of sp³-hybridized carbons (Fsp3) is 0.800. The molecule has 0 bridgehead atoms. The Balaban J connectivity index is -0.000000280. The topological polar surface area (TPSA) is 86.7 Å². The van der Waals surface area contributed by atoms with Crippen molar-refractivity contribution in [2.45, 2.75) is 38.5 Å². The maximum atomic E-state index is 10.4. The molecule has 0 radical (unpaired) electrons. The van der Waals surface area contributed by atoms with Crippen LogP contribution in [0.5, 0.6) is 0 Å². The van der Waals surface area contributed by atoms with E-state index in [-0.39, 0.29) is 42.4 Å². The zero-order valence-electron chi connectivity index (χ0n) is 11.1. The summed E-state index contributed by atoms with van der Waals surface area (Å²) in [5.41, 5.74) is 0. The summed E-state index contributed by atoms with van der Waals surface area (Å²) in [6.07, 6.45) is 0.860. The molecule has 1 N–H and O–H groups in total. The van der Waals surface area contributed by atoms with Gasteiger partial charge in [-0.25, -0.2) is 8.42 Å². The van der Waals surface area contributed by atoms with Crippen molar-refractivity contribution in [2.24, 2.45) is 0 Å². The maximum absolute atomic E-state index is 10.4. The molecule has 7 heteroatoms. The monoisotopic (exact) mass is 276 g/mol. The Morgan fingerprint density at radius 1 is 1.35 bits per heavy atom. The third kappa shape index (κ3) is 10.2. The van der Waals surface area contributed by atoms with Crippen LogP contribution in [0.25, 0.3) is 0 Å². The second kappa shape index (κ2) is 11.6. The molecule has 0 fully saturated rings. The van der Waals surface area contributed by atoms with E-state index in [9.17, 15) is 18.1 Å². The van der Waals surface area contributed by atoms with Gasteiger partial charge in [0.1, 0.15) is 10.1 Å². The van der Waals surface area contributed by atoms with Gasteiger partial charge in [0.2, 0.25) is 0 Å². The summed E-state index contributed by atoms with van der Waals surface area (Å²) in [5, 5.41) is 9.18. The van der Waals surface area contributed by atoms with Crippen LogP contribution in [-0.2, 0) is 14.9 Å². The van der Waals surface area contributed by atoms with E-state index in [1.54, 1.807) is 0 Å². The smallest absolute Gasteiger partial charge is 0.746 e. The first-order valence-corrected chi connectivity index (χ1v) is 6.56. The van der Waals surface area contributed by atoms with Crippen LogP contribution in [0, 0.1) is 0 Å². The molecule has 98 valence electrons. The molecule has 0 aliphatic carbocycles. The van der Waals surface area contributed by atoms with Gasteiger partial charge < -0.3 is 14.4 Å². The molecule has 0 rings (SSSR count). The van der Waals surface area contributed by atoms with Gasteiger partial charge in [-0.15, -0.1) is 6.58 Å². The molecular weight excluding hydrogens is 255 g/mol. The summed E-state index contributed by atoms with van der Waals surface area (Å²) in [7, 11) is -4.64. The Morgan fingerprint density at radius 2 is 1.76 bits per heavy atom. The van der Waals surface area contributed by atoms with E-state index in [0.29, 0.717) is 0 Å². The van der Waals surface area contributed by atoms with Crippen LogP contribution in [0.3, 0.4) is 0 Å². The van der Waals surface area contributed by atoms with Gasteiger partial charge in [-0.1, -0.05) is 13.0 Å². The van der Waals surface area contributed by atoms with E-state index in [1.807, 2.05) is 13.8 Å². The van der Waals surface area contributed by atoms with Gasteiger partial charge >= 0.3 is 29.6 Å². The molecular formula is C10H21NaO5S. The molecule has 0 saturated heterocycles. The van der Waals surface area contributed by atoms with Crippen LogP contribution < -0.4 is 29.6 Å². The number of hydrogen-bond acceptors (Lipinski definition) is 5. The number of rotatable bonds is 6. The molecule has 17 heavy (non-hydrogen) atoms. The average Bonchev–Trinajstić information content (AvgIpc) is 2.18. The minimum absolute atomic E-state index is 0. The Kier molecular flexibility index (Phi) is 15.6. The minimum atomic E-state index is -4.64. The summed E-state index contributed by atoms with van der Waals surface area (Å²) >= 11 is 0. The van der Waals surface area contributed by atoms with Crippen molar-refractivity contribution in [1.82, 2.24) is 0 Å². The molecule has 5 nitrogen and oxygen atoms in total. The van der Waals surface area contributed by atoms with Gasteiger partial charge in [0.05, 0.1) is 0 Å². The molecule has 0 aromatic rings. The summed E-state index contributed by atoms with van der Waals surface area (Å²) in [6, 6.07) is 0. The zero-order chi connectivity index (χ0) is 13.2. The normalized spacial score (nSPS) is 13.7. The third-order valence-electron chi connectivity index (χ3n) is 1.89. The van der Waals surface area contributed by atoms with Gasteiger partial charge in [-0.3, -0.25) is 0 Å². The van der Waals surface area contributed by atoms with E-state index in [1.165, 1.54) is 13.0 Å². The zero-order valence-corrected chi connectivity index (χ0v) is 13.9. The Morgan fingerprint density at radius 3 is 1.82 bits per heavy atom. The molecule has 0 amide bonds. The van der Waals surface area contributed by atoms with Crippen molar-refractivity contribution in [1.29, 1.82) is 0 Å². The molecule has 0 spiro atoms. The van der Waals surface area contributed by atoms with E-state index in [0.717, 1.165) is 13.2 Å². The van der Waals surface area contributed by atoms with Crippen LogP contribution in [-0.4, -0.2) is 36.2 Å². The van der Waals surface area contributed by atoms with Gasteiger partial charge in [-0.2, -0.15) is 0 Å². The van der Waals surface area contributed by atoms with Gasteiger partial charge in [-0.05, 0) is 20.3 Å². The summed E-state index contributed by atoms with van der Waals surface area (Å²) < 4.78 is 36.1. The van der Waals surface area contributed by atoms with Crippen LogP contribution >= 0.6 is 0 Å². The van der Waals surface area contributed by atoms with Crippen molar-refractivity contribution in [3.8, 4) is 0 Å². The first-order chi connectivity index (χ1) is 7.29. The van der Waals surface area contributed by atoms with Crippen molar-refractivity contribution in [3.05, 3.63) is 12.7 Å². The number of hydrogen-bond donors (Lipinski definition) is 1. The SMILES string of the molecule is C=CCC(O)(CC)S(=O)(=O)[O-].CCOCC.[Na+]. The van der Waals surface area contributed by atoms with Crippen molar-refractivity contribution in [3.63, 3.8) is 0 Å². The standard InChI is InChI=1S/C6H12O4S.C4H10O.Na/c1-3-5-6(7,4-2)11(8,9)10;1-3-5-4-2;/h3,7H,1,4-5H2,2H3,(H,8,9,10);3-4H2,1-2H3;/q;;+1/p-1. The molecule has 1 atom stereocenters. The molecule has 1 unspecified atom stereocenters. The van der Waals surface area contributed by atoms with Gasteiger partial charge in [0, 0.05) is 19.6 Å². The second-order valence-electron chi connectivity index (χ2n) is 3.03. The Hall–Kier alpha value is 0.570. The van der Waals surface area contributed by atoms with E-state index < -0.39 is 15.1 Å². The van der Waals surface area contributed by atoms with Gasteiger partial charge in [0.15, 0.2) is 4.93 Å². The second-order valence-corrected chi connectivity index (χ2v) is 4.70. The number of ether oxygens (including phenoxy) is 1. The summed E-state index contributed by atoms with van der Waals surface area (Å²) in [6.45, 7) is 10.3. The van der Waals surface area contributed by atoms with Crippen LogP contribution in [0.15, 0.2) is 12.7 Å². The minimum Gasteiger partial charge on any atom is -0.746 e. The molecule has 0 aliphatic heterocycles. The van der Waals surface area contributed by atoms with Crippen molar-refractivity contribution >= 4 is 10.1 Å².